The van der Waals surface area contributed by atoms with Gasteiger partial charge in [0.2, 0.25) is 5.89 Å². The molecule has 1 aliphatic heterocycles. The Labute approximate surface area is 138 Å². The van der Waals surface area contributed by atoms with Gasteiger partial charge in [-0.15, -0.1) is 0 Å². The van der Waals surface area contributed by atoms with Crippen LogP contribution in [0.2, 0.25) is 0 Å². The van der Waals surface area contributed by atoms with Crippen molar-refractivity contribution in [3.8, 4) is 0 Å². The summed E-state index contributed by atoms with van der Waals surface area (Å²) >= 11 is 0. The van der Waals surface area contributed by atoms with Crippen LogP contribution in [0.3, 0.4) is 0 Å². The minimum Gasteiger partial charge on any atom is -0.340 e. The average molecular weight is 334 g/mol. The highest BCUT2D eigenvalue weighted by Crippen LogP contribution is 2.21. The third-order valence-electron chi connectivity index (χ3n) is 3.80. The van der Waals surface area contributed by atoms with Crippen LogP contribution in [0.1, 0.15) is 18.1 Å². The van der Waals surface area contributed by atoms with Gasteiger partial charge in [0.05, 0.1) is 6.54 Å². The molecule has 1 saturated heterocycles. The number of nitrogens with one attached hydrogen (secondary N) is 2. The van der Waals surface area contributed by atoms with Crippen molar-refractivity contribution in [3.63, 3.8) is 0 Å². The van der Waals surface area contributed by atoms with Crippen molar-refractivity contribution in [2.45, 2.75) is 32.1 Å². The van der Waals surface area contributed by atoms with Gasteiger partial charge in [0.1, 0.15) is 12.0 Å². The van der Waals surface area contributed by atoms with E-state index in [1.54, 1.807) is 31.3 Å². The number of aromatic nitrogens is 3. The Balaban J connectivity index is 1.51. The number of aryl methyl sites for hydroxylation is 1. The van der Waals surface area contributed by atoms with Crippen LogP contribution in [0.25, 0.3) is 0 Å². The van der Waals surface area contributed by atoms with Crippen molar-refractivity contribution in [2.24, 2.45) is 0 Å². The normalized spacial score (nSPS) is 20.9. The number of alkyl halides is 1. The zero-order chi connectivity index (χ0) is 16.9. The molecule has 1 aliphatic rings. The fourth-order valence-electron chi connectivity index (χ4n) is 2.72. The molecule has 1 fully saturated rings. The van der Waals surface area contributed by atoms with Crippen molar-refractivity contribution in [1.29, 1.82) is 0 Å². The molecule has 2 N–H and O–H groups in total. The van der Waals surface area contributed by atoms with Gasteiger partial charge in [0.25, 0.3) is 0 Å². The second-order valence-corrected chi connectivity index (χ2v) is 5.70. The highest BCUT2D eigenvalue weighted by atomic mass is 19.1. The molecule has 0 spiro atoms. The van der Waals surface area contributed by atoms with Crippen LogP contribution in [0.15, 0.2) is 28.9 Å². The van der Waals surface area contributed by atoms with E-state index in [0.717, 1.165) is 0 Å². The molecule has 24 heavy (non-hydrogen) atoms. The van der Waals surface area contributed by atoms with Gasteiger partial charge in [-0.1, -0.05) is 11.2 Å². The van der Waals surface area contributed by atoms with Gasteiger partial charge in [-0.25, -0.2) is 14.2 Å². The van der Waals surface area contributed by atoms with E-state index in [1.807, 2.05) is 4.90 Å². The summed E-state index contributed by atoms with van der Waals surface area (Å²) in [4.78, 5) is 22.0. The zero-order valence-corrected chi connectivity index (χ0v) is 13.3. The molecule has 3 rings (SSSR count). The van der Waals surface area contributed by atoms with Gasteiger partial charge < -0.3 is 9.84 Å². The lowest BCUT2D eigenvalue weighted by Gasteiger charge is -2.22. The van der Waals surface area contributed by atoms with Crippen LogP contribution in [-0.4, -0.2) is 51.4 Å². The van der Waals surface area contributed by atoms with E-state index in [2.05, 4.69) is 25.8 Å². The number of carbonyl (C=O) groups excluding carboxylic acids is 1. The molecule has 2 aromatic rings. The van der Waals surface area contributed by atoms with E-state index < -0.39 is 6.17 Å². The van der Waals surface area contributed by atoms with Crippen molar-refractivity contribution < 1.29 is 13.7 Å². The van der Waals surface area contributed by atoms with E-state index >= 15 is 0 Å². The van der Waals surface area contributed by atoms with E-state index in [0.29, 0.717) is 43.6 Å². The number of amides is 2. The Morgan fingerprint density at radius 1 is 1.50 bits per heavy atom. The largest absolute Gasteiger partial charge is 0.340 e. The first-order valence-electron chi connectivity index (χ1n) is 7.73. The molecule has 0 aliphatic carbocycles. The lowest BCUT2D eigenvalue weighted by Crippen LogP contribution is -2.41. The molecular weight excluding hydrogens is 315 g/mol. The number of anilines is 1. The van der Waals surface area contributed by atoms with Gasteiger partial charge in [0, 0.05) is 32.3 Å². The smallest absolute Gasteiger partial charge is 0.320 e. The maximum Gasteiger partial charge on any atom is 0.320 e. The number of likely N-dealkylation sites (tertiary alicyclic amines) is 1. The number of halogens is 1. The summed E-state index contributed by atoms with van der Waals surface area (Å²) in [5, 5.41) is 9.22. The molecule has 0 unspecified atom stereocenters. The van der Waals surface area contributed by atoms with Gasteiger partial charge in [0.15, 0.2) is 5.82 Å². The highest BCUT2D eigenvalue weighted by molar-refractivity contribution is 5.88. The van der Waals surface area contributed by atoms with Crippen molar-refractivity contribution in [2.75, 3.05) is 18.4 Å². The monoisotopic (exact) mass is 334 g/mol. The zero-order valence-electron chi connectivity index (χ0n) is 13.3. The molecule has 128 valence electrons. The van der Waals surface area contributed by atoms with E-state index in [4.69, 9.17) is 4.52 Å². The standard InChI is InChI=1S/C15H19FN6O2/c1-10-19-14(21-24-10)9-22-8-11(16)6-12(22)7-18-15(23)20-13-4-2-3-5-17-13/h2-5,11-12H,6-9H2,1H3,(H2,17,18,20,23)/t11-,12-/m0/s1. The Hall–Kier alpha value is -2.55. The van der Waals surface area contributed by atoms with Gasteiger partial charge in [-0.2, -0.15) is 4.98 Å². The maximum absolute atomic E-state index is 13.8. The second-order valence-electron chi connectivity index (χ2n) is 5.70. The number of rotatable bonds is 5. The fraction of sp³-hybridized carbons (Fsp3) is 0.467. The third kappa shape index (κ3) is 4.25. The third-order valence-corrected chi connectivity index (χ3v) is 3.80. The summed E-state index contributed by atoms with van der Waals surface area (Å²) in [6.45, 7) is 2.73. The quantitative estimate of drug-likeness (QED) is 0.860. The SMILES string of the molecule is Cc1nc(CN2C[C@@H](F)C[C@H]2CNC(=O)Nc2ccccn2)no1. The number of carbonyl (C=O) groups is 1. The van der Waals surface area contributed by atoms with Crippen LogP contribution >= 0.6 is 0 Å². The molecule has 0 saturated carbocycles. The number of hydrogen-bond donors (Lipinski definition) is 2. The molecule has 2 aromatic heterocycles. The van der Waals surface area contributed by atoms with E-state index in [-0.39, 0.29) is 12.1 Å². The highest BCUT2D eigenvalue weighted by Gasteiger charge is 2.33. The molecule has 3 heterocycles. The van der Waals surface area contributed by atoms with Crippen LogP contribution in [-0.2, 0) is 6.54 Å². The van der Waals surface area contributed by atoms with Crippen molar-refractivity contribution in [3.05, 3.63) is 36.1 Å². The summed E-state index contributed by atoms with van der Waals surface area (Å²) in [6, 6.07) is 4.75. The van der Waals surface area contributed by atoms with Gasteiger partial charge >= 0.3 is 6.03 Å². The second kappa shape index (κ2) is 7.35. The Kier molecular flexibility index (Phi) is 4.99. The lowest BCUT2D eigenvalue weighted by atomic mass is 10.2. The molecule has 2 atom stereocenters. The first-order chi connectivity index (χ1) is 11.6. The summed E-state index contributed by atoms with van der Waals surface area (Å²) < 4.78 is 18.7. The molecule has 2 amide bonds. The minimum absolute atomic E-state index is 0.117. The fourth-order valence-corrected chi connectivity index (χ4v) is 2.72. The van der Waals surface area contributed by atoms with Gasteiger partial charge in [-0.3, -0.25) is 10.2 Å². The van der Waals surface area contributed by atoms with Gasteiger partial charge in [-0.05, 0) is 18.6 Å². The van der Waals surface area contributed by atoms with Crippen molar-refractivity contribution in [1.82, 2.24) is 25.3 Å². The summed E-state index contributed by atoms with van der Waals surface area (Å²) in [5.74, 6) is 1.46. The predicted molar refractivity (Wildman–Crippen MR) is 84.0 cm³/mol. The number of pyridine rings is 1. The minimum atomic E-state index is -0.927. The maximum atomic E-state index is 13.8. The molecule has 0 aromatic carbocycles. The van der Waals surface area contributed by atoms with Crippen LogP contribution in [0.5, 0.6) is 0 Å². The first kappa shape index (κ1) is 16.3. The lowest BCUT2D eigenvalue weighted by molar-refractivity contribution is 0.218. The van der Waals surface area contributed by atoms with Crippen LogP contribution in [0.4, 0.5) is 15.0 Å². The Morgan fingerprint density at radius 3 is 3.08 bits per heavy atom. The summed E-state index contributed by atoms with van der Waals surface area (Å²) in [5.41, 5.74) is 0. The van der Waals surface area contributed by atoms with Crippen molar-refractivity contribution >= 4 is 11.8 Å². The molecule has 0 radical (unpaired) electrons. The molecule has 9 heteroatoms. The van der Waals surface area contributed by atoms with E-state index in [9.17, 15) is 9.18 Å². The summed E-state index contributed by atoms with van der Waals surface area (Å²) in [6.07, 6.45) is 1.03. The number of nitrogens with zero attached hydrogens (tertiary/aromatic N) is 4. The molecule has 8 nitrogen and oxygen atoms in total. The number of urea groups is 1. The Bertz CT molecular complexity index is 680. The molecule has 0 bridgehead atoms. The predicted octanol–water partition coefficient (Wildman–Crippen LogP) is 1.51. The van der Waals surface area contributed by atoms with Crippen LogP contribution < -0.4 is 10.6 Å². The molecular formula is C15H19FN6O2. The topological polar surface area (TPSA) is 96.2 Å². The van der Waals surface area contributed by atoms with Crippen LogP contribution in [0, 0.1) is 6.92 Å². The average Bonchev–Trinajstić information content (AvgIpc) is 3.12. The first-order valence-corrected chi connectivity index (χ1v) is 7.73. The van der Waals surface area contributed by atoms with E-state index in [1.165, 1.54) is 0 Å². The number of hydrogen-bond acceptors (Lipinski definition) is 6. The Morgan fingerprint density at radius 2 is 2.38 bits per heavy atom. The summed E-state index contributed by atoms with van der Waals surface area (Å²) in [7, 11) is 0.